The highest BCUT2D eigenvalue weighted by Gasteiger charge is 2.10. The van der Waals surface area contributed by atoms with E-state index in [9.17, 15) is 4.79 Å². The Balaban J connectivity index is 1.86. The summed E-state index contributed by atoms with van der Waals surface area (Å²) in [6.07, 6.45) is 0.345. The topological polar surface area (TPSA) is 65.4 Å². The molecule has 1 N–H and O–H groups in total. The number of methoxy groups -OCH3 is 1. The van der Waals surface area contributed by atoms with Crippen molar-refractivity contribution < 1.29 is 14.3 Å². The lowest BCUT2D eigenvalue weighted by Crippen LogP contribution is -2.27. The van der Waals surface area contributed by atoms with Crippen molar-refractivity contribution in [3.05, 3.63) is 47.3 Å². The summed E-state index contributed by atoms with van der Waals surface area (Å²) in [5.41, 5.74) is 4.16. The number of hydrogen-bond acceptors (Lipinski definition) is 4. The van der Waals surface area contributed by atoms with E-state index in [1.54, 1.807) is 7.11 Å². The van der Waals surface area contributed by atoms with Crippen LogP contribution in [0.4, 0.5) is 0 Å². The molecule has 0 saturated heterocycles. The molecule has 1 atom stereocenters. The van der Waals surface area contributed by atoms with E-state index >= 15 is 0 Å². The number of aryl methyl sites for hydroxylation is 2. The minimum Gasteiger partial charge on any atom is -0.382 e. The van der Waals surface area contributed by atoms with Gasteiger partial charge in [0.15, 0.2) is 0 Å². The predicted octanol–water partition coefficient (Wildman–Crippen LogP) is 2.72. The zero-order valence-electron chi connectivity index (χ0n) is 15.4. The average Bonchev–Trinajstić information content (AvgIpc) is 2.93. The van der Waals surface area contributed by atoms with E-state index in [1.165, 1.54) is 0 Å². The van der Waals surface area contributed by atoms with Crippen LogP contribution in [-0.2, 0) is 14.3 Å². The zero-order chi connectivity index (χ0) is 18.2. The Bertz CT molecular complexity index is 680. The standard InChI is InChI=1S/C19H27N3O3/c1-14-13-15(2)22(21-14)18-7-5-17(6-8-18)16(3)20-19(23)9-10-25-12-11-24-4/h5-8,13,16H,9-12H2,1-4H3,(H,20,23)/t16-/m1/s1. The molecule has 0 bridgehead atoms. The van der Waals surface area contributed by atoms with Crippen LogP contribution in [0.3, 0.4) is 0 Å². The van der Waals surface area contributed by atoms with Crippen molar-refractivity contribution in [2.24, 2.45) is 0 Å². The Hall–Kier alpha value is -2.18. The second-order valence-corrected chi connectivity index (χ2v) is 6.07. The van der Waals surface area contributed by atoms with E-state index in [2.05, 4.69) is 10.4 Å². The minimum atomic E-state index is -0.0546. The number of carbonyl (C=O) groups is 1. The Morgan fingerprint density at radius 2 is 1.92 bits per heavy atom. The fraction of sp³-hybridized carbons (Fsp3) is 0.474. The van der Waals surface area contributed by atoms with Crippen LogP contribution in [0.1, 0.15) is 36.3 Å². The monoisotopic (exact) mass is 345 g/mol. The molecule has 0 fully saturated rings. The van der Waals surface area contributed by atoms with E-state index in [0.717, 1.165) is 22.6 Å². The van der Waals surface area contributed by atoms with Gasteiger partial charge in [0.2, 0.25) is 5.91 Å². The molecule has 136 valence electrons. The molecule has 0 spiro atoms. The van der Waals surface area contributed by atoms with Crippen molar-refractivity contribution in [2.75, 3.05) is 26.9 Å². The number of benzene rings is 1. The maximum atomic E-state index is 12.0. The molecular formula is C19H27N3O3. The van der Waals surface area contributed by atoms with Crippen LogP contribution < -0.4 is 5.32 Å². The van der Waals surface area contributed by atoms with Crippen molar-refractivity contribution in [2.45, 2.75) is 33.2 Å². The Labute approximate surface area is 149 Å². The van der Waals surface area contributed by atoms with Crippen LogP contribution in [-0.4, -0.2) is 42.6 Å². The SMILES string of the molecule is COCCOCCC(=O)N[C@H](C)c1ccc(-n2nc(C)cc2C)cc1. The third kappa shape index (κ3) is 5.69. The maximum Gasteiger partial charge on any atom is 0.222 e. The summed E-state index contributed by atoms with van der Waals surface area (Å²) in [4.78, 5) is 12.0. The van der Waals surface area contributed by atoms with Gasteiger partial charge in [-0.15, -0.1) is 0 Å². The first-order valence-electron chi connectivity index (χ1n) is 8.51. The van der Waals surface area contributed by atoms with Crippen LogP contribution in [0.2, 0.25) is 0 Å². The third-order valence-electron chi connectivity index (χ3n) is 3.93. The number of nitrogens with one attached hydrogen (secondary N) is 1. The number of carbonyl (C=O) groups excluding carboxylic acids is 1. The van der Waals surface area contributed by atoms with Crippen molar-refractivity contribution in [3.63, 3.8) is 0 Å². The lowest BCUT2D eigenvalue weighted by molar-refractivity contribution is -0.122. The first-order chi connectivity index (χ1) is 12.0. The summed E-state index contributed by atoms with van der Waals surface area (Å²) < 4.78 is 12.1. The second-order valence-electron chi connectivity index (χ2n) is 6.07. The summed E-state index contributed by atoms with van der Waals surface area (Å²) in [5.74, 6) is -0.0208. The molecule has 25 heavy (non-hydrogen) atoms. The number of hydrogen-bond donors (Lipinski definition) is 1. The van der Waals surface area contributed by atoms with Gasteiger partial charge in [-0.3, -0.25) is 4.79 Å². The highest BCUT2D eigenvalue weighted by atomic mass is 16.5. The van der Waals surface area contributed by atoms with Gasteiger partial charge in [-0.05, 0) is 44.5 Å². The van der Waals surface area contributed by atoms with Gasteiger partial charge in [-0.1, -0.05) is 12.1 Å². The Kier molecular flexibility index (Phi) is 7.16. The van der Waals surface area contributed by atoms with E-state index < -0.39 is 0 Å². The summed E-state index contributed by atoms with van der Waals surface area (Å²) >= 11 is 0. The fourth-order valence-corrected chi connectivity index (χ4v) is 2.60. The quantitative estimate of drug-likeness (QED) is 0.710. The van der Waals surface area contributed by atoms with Crippen LogP contribution >= 0.6 is 0 Å². The van der Waals surface area contributed by atoms with Gasteiger partial charge in [-0.2, -0.15) is 5.10 Å². The van der Waals surface area contributed by atoms with Gasteiger partial charge in [0, 0.05) is 19.2 Å². The summed E-state index contributed by atoms with van der Waals surface area (Å²) in [6, 6.07) is 10.1. The molecule has 1 aromatic carbocycles. The van der Waals surface area contributed by atoms with Crippen molar-refractivity contribution in [1.82, 2.24) is 15.1 Å². The van der Waals surface area contributed by atoms with Gasteiger partial charge in [-0.25, -0.2) is 4.68 Å². The van der Waals surface area contributed by atoms with Crippen LogP contribution in [0.25, 0.3) is 5.69 Å². The van der Waals surface area contributed by atoms with E-state index in [1.807, 2.05) is 55.8 Å². The minimum absolute atomic E-state index is 0.0208. The molecule has 0 radical (unpaired) electrons. The van der Waals surface area contributed by atoms with Crippen molar-refractivity contribution in [3.8, 4) is 5.69 Å². The highest BCUT2D eigenvalue weighted by molar-refractivity contribution is 5.76. The molecule has 0 unspecified atom stereocenters. The molecule has 0 aliphatic heterocycles. The molecule has 2 aromatic rings. The molecule has 0 aliphatic carbocycles. The molecule has 1 amide bonds. The lowest BCUT2D eigenvalue weighted by atomic mass is 10.1. The van der Waals surface area contributed by atoms with Crippen molar-refractivity contribution >= 4 is 5.91 Å². The molecule has 6 nitrogen and oxygen atoms in total. The summed E-state index contributed by atoms with van der Waals surface area (Å²) in [7, 11) is 1.62. The van der Waals surface area contributed by atoms with Gasteiger partial charge < -0.3 is 14.8 Å². The molecule has 1 aromatic heterocycles. The largest absolute Gasteiger partial charge is 0.382 e. The predicted molar refractivity (Wildman–Crippen MR) is 96.9 cm³/mol. The van der Waals surface area contributed by atoms with E-state index in [0.29, 0.717) is 26.2 Å². The van der Waals surface area contributed by atoms with E-state index in [-0.39, 0.29) is 11.9 Å². The number of ether oxygens (including phenoxy) is 2. The zero-order valence-corrected chi connectivity index (χ0v) is 15.4. The van der Waals surface area contributed by atoms with Crippen LogP contribution in [0.5, 0.6) is 0 Å². The smallest absolute Gasteiger partial charge is 0.222 e. The van der Waals surface area contributed by atoms with Gasteiger partial charge in [0.1, 0.15) is 0 Å². The molecule has 2 rings (SSSR count). The van der Waals surface area contributed by atoms with Gasteiger partial charge >= 0.3 is 0 Å². The number of amides is 1. The first-order valence-corrected chi connectivity index (χ1v) is 8.51. The number of nitrogens with zero attached hydrogens (tertiary/aromatic N) is 2. The Morgan fingerprint density at radius 1 is 1.20 bits per heavy atom. The average molecular weight is 345 g/mol. The van der Waals surface area contributed by atoms with Crippen LogP contribution in [0, 0.1) is 13.8 Å². The Morgan fingerprint density at radius 3 is 2.52 bits per heavy atom. The first kappa shape index (κ1) is 19.1. The van der Waals surface area contributed by atoms with Crippen molar-refractivity contribution in [1.29, 1.82) is 0 Å². The maximum absolute atomic E-state index is 12.0. The molecule has 0 aliphatic rings. The highest BCUT2D eigenvalue weighted by Crippen LogP contribution is 2.17. The third-order valence-corrected chi connectivity index (χ3v) is 3.93. The normalized spacial score (nSPS) is 12.2. The lowest BCUT2D eigenvalue weighted by Gasteiger charge is -2.15. The molecule has 0 saturated carbocycles. The van der Waals surface area contributed by atoms with Gasteiger partial charge in [0.05, 0.1) is 37.2 Å². The number of aromatic nitrogens is 2. The second kappa shape index (κ2) is 9.34. The molecule has 1 heterocycles. The van der Waals surface area contributed by atoms with Gasteiger partial charge in [0.25, 0.3) is 0 Å². The van der Waals surface area contributed by atoms with Crippen LogP contribution in [0.15, 0.2) is 30.3 Å². The summed E-state index contributed by atoms with van der Waals surface area (Å²) in [6.45, 7) is 7.44. The fourth-order valence-electron chi connectivity index (χ4n) is 2.60. The molecule has 6 heteroatoms. The van der Waals surface area contributed by atoms with E-state index in [4.69, 9.17) is 9.47 Å². The number of rotatable bonds is 9. The molecular weight excluding hydrogens is 318 g/mol. The summed E-state index contributed by atoms with van der Waals surface area (Å²) in [5, 5.41) is 7.47.